The van der Waals surface area contributed by atoms with Gasteiger partial charge in [-0.3, -0.25) is 0 Å². The Morgan fingerprint density at radius 3 is 2.67 bits per heavy atom. The van der Waals surface area contributed by atoms with E-state index in [4.69, 9.17) is 0 Å². The summed E-state index contributed by atoms with van der Waals surface area (Å²) in [4.78, 5) is 0. The van der Waals surface area contributed by atoms with Crippen molar-refractivity contribution in [2.45, 2.75) is 32.7 Å². The Morgan fingerprint density at radius 2 is 2.00 bits per heavy atom. The van der Waals surface area contributed by atoms with Crippen molar-refractivity contribution in [1.29, 1.82) is 0 Å². The highest BCUT2D eigenvalue weighted by molar-refractivity contribution is 9.10. The number of aryl methyl sites for hydroxylation is 1. The summed E-state index contributed by atoms with van der Waals surface area (Å²) in [6.45, 7) is 5.20. The molecule has 0 radical (unpaired) electrons. The molecule has 1 atom stereocenters. The Hall–Kier alpha value is -1.19. The highest BCUT2D eigenvalue weighted by atomic mass is 79.9. The fraction of sp³-hybridized carbons (Fsp3) is 0.333. The SMILES string of the molecule is CCCNC(Cc1cccc(C)c1)c1ccc(F)cc1Br. The zero-order valence-electron chi connectivity index (χ0n) is 12.5. The molecule has 0 aliphatic rings. The van der Waals surface area contributed by atoms with Gasteiger partial charge >= 0.3 is 0 Å². The van der Waals surface area contributed by atoms with Gasteiger partial charge in [0, 0.05) is 10.5 Å². The number of nitrogens with one attached hydrogen (secondary N) is 1. The van der Waals surface area contributed by atoms with Crippen LogP contribution in [0.15, 0.2) is 46.9 Å². The molecule has 21 heavy (non-hydrogen) atoms. The minimum absolute atomic E-state index is 0.182. The largest absolute Gasteiger partial charge is 0.310 e. The quantitative estimate of drug-likeness (QED) is 0.757. The van der Waals surface area contributed by atoms with Crippen LogP contribution in [0, 0.1) is 12.7 Å². The second kappa shape index (κ2) is 7.71. The summed E-state index contributed by atoms with van der Waals surface area (Å²) in [5.74, 6) is -0.213. The first kappa shape index (κ1) is 16.2. The normalized spacial score (nSPS) is 12.4. The molecule has 0 spiro atoms. The lowest BCUT2D eigenvalue weighted by Crippen LogP contribution is -2.24. The molecule has 0 aromatic heterocycles. The van der Waals surface area contributed by atoms with Crippen molar-refractivity contribution in [2.75, 3.05) is 6.54 Å². The smallest absolute Gasteiger partial charge is 0.124 e. The molecule has 0 bridgehead atoms. The van der Waals surface area contributed by atoms with Crippen LogP contribution >= 0.6 is 15.9 Å². The van der Waals surface area contributed by atoms with Gasteiger partial charge in [-0.05, 0) is 49.6 Å². The van der Waals surface area contributed by atoms with Gasteiger partial charge in [0.1, 0.15) is 5.82 Å². The van der Waals surface area contributed by atoms with E-state index in [9.17, 15) is 4.39 Å². The van der Waals surface area contributed by atoms with E-state index in [1.807, 2.05) is 6.07 Å². The van der Waals surface area contributed by atoms with E-state index in [0.717, 1.165) is 29.4 Å². The first-order chi connectivity index (χ1) is 10.1. The van der Waals surface area contributed by atoms with Crippen molar-refractivity contribution >= 4 is 15.9 Å². The second-order valence-electron chi connectivity index (χ2n) is 5.37. The van der Waals surface area contributed by atoms with Gasteiger partial charge in [-0.15, -0.1) is 0 Å². The van der Waals surface area contributed by atoms with E-state index in [1.54, 1.807) is 0 Å². The van der Waals surface area contributed by atoms with Gasteiger partial charge < -0.3 is 5.32 Å². The van der Waals surface area contributed by atoms with Crippen molar-refractivity contribution in [2.24, 2.45) is 0 Å². The van der Waals surface area contributed by atoms with Gasteiger partial charge in [-0.25, -0.2) is 4.39 Å². The number of benzene rings is 2. The summed E-state index contributed by atoms with van der Waals surface area (Å²) in [5.41, 5.74) is 3.66. The van der Waals surface area contributed by atoms with E-state index in [0.29, 0.717) is 0 Å². The van der Waals surface area contributed by atoms with E-state index < -0.39 is 0 Å². The molecule has 1 nitrogen and oxygen atoms in total. The molecular weight excluding hydrogens is 329 g/mol. The highest BCUT2D eigenvalue weighted by Crippen LogP contribution is 2.27. The van der Waals surface area contributed by atoms with Crippen LogP contribution in [0.25, 0.3) is 0 Å². The fourth-order valence-corrected chi connectivity index (χ4v) is 3.10. The molecule has 2 aromatic carbocycles. The van der Waals surface area contributed by atoms with Crippen molar-refractivity contribution in [3.63, 3.8) is 0 Å². The first-order valence-corrected chi connectivity index (χ1v) is 8.13. The predicted molar refractivity (Wildman–Crippen MR) is 90.0 cm³/mol. The monoisotopic (exact) mass is 349 g/mol. The first-order valence-electron chi connectivity index (χ1n) is 7.34. The zero-order chi connectivity index (χ0) is 15.2. The summed E-state index contributed by atoms with van der Waals surface area (Å²) >= 11 is 3.49. The average Bonchev–Trinajstić information content (AvgIpc) is 2.44. The zero-order valence-corrected chi connectivity index (χ0v) is 14.1. The van der Waals surface area contributed by atoms with Gasteiger partial charge in [0.25, 0.3) is 0 Å². The number of hydrogen-bond acceptors (Lipinski definition) is 1. The molecule has 0 saturated carbocycles. The van der Waals surface area contributed by atoms with Crippen LogP contribution in [0.3, 0.4) is 0 Å². The molecule has 0 heterocycles. The number of rotatable bonds is 6. The summed E-state index contributed by atoms with van der Waals surface area (Å²) < 4.78 is 14.1. The fourth-order valence-electron chi connectivity index (χ4n) is 2.47. The summed E-state index contributed by atoms with van der Waals surface area (Å²) in [6, 6.07) is 13.6. The van der Waals surface area contributed by atoms with Gasteiger partial charge in [-0.2, -0.15) is 0 Å². The molecule has 0 amide bonds. The molecule has 0 aliphatic heterocycles. The lowest BCUT2D eigenvalue weighted by Gasteiger charge is -2.21. The van der Waals surface area contributed by atoms with E-state index in [-0.39, 0.29) is 11.9 Å². The molecule has 0 fully saturated rings. The van der Waals surface area contributed by atoms with Crippen LogP contribution in [0.1, 0.15) is 36.1 Å². The van der Waals surface area contributed by atoms with Crippen LogP contribution in [0.2, 0.25) is 0 Å². The van der Waals surface area contributed by atoms with Crippen LogP contribution < -0.4 is 5.32 Å². The van der Waals surface area contributed by atoms with Crippen LogP contribution in [-0.2, 0) is 6.42 Å². The summed E-state index contributed by atoms with van der Waals surface area (Å²) in [6.07, 6.45) is 1.97. The summed E-state index contributed by atoms with van der Waals surface area (Å²) in [7, 11) is 0. The van der Waals surface area contributed by atoms with Crippen LogP contribution in [0.4, 0.5) is 4.39 Å². The average molecular weight is 350 g/mol. The van der Waals surface area contributed by atoms with Crippen molar-refractivity contribution in [3.8, 4) is 0 Å². The standard InChI is InChI=1S/C18H21BrFN/c1-3-9-21-18(11-14-6-4-5-13(2)10-14)16-8-7-15(20)12-17(16)19/h4-8,10,12,18,21H,3,9,11H2,1-2H3. The third kappa shape index (κ3) is 4.65. The van der Waals surface area contributed by atoms with Crippen molar-refractivity contribution in [3.05, 3.63) is 69.4 Å². The highest BCUT2D eigenvalue weighted by Gasteiger charge is 2.15. The van der Waals surface area contributed by atoms with E-state index in [2.05, 4.69) is 59.4 Å². The van der Waals surface area contributed by atoms with Crippen LogP contribution in [-0.4, -0.2) is 6.54 Å². The maximum atomic E-state index is 13.3. The Kier molecular flexibility index (Phi) is 5.95. The molecule has 2 aromatic rings. The number of halogens is 2. The van der Waals surface area contributed by atoms with Gasteiger partial charge in [0.05, 0.1) is 0 Å². The van der Waals surface area contributed by atoms with E-state index in [1.165, 1.54) is 23.3 Å². The Labute approximate surface area is 134 Å². The molecule has 0 saturated heterocycles. The molecule has 1 unspecified atom stereocenters. The molecule has 2 rings (SSSR count). The number of hydrogen-bond donors (Lipinski definition) is 1. The summed E-state index contributed by atoms with van der Waals surface area (Å²) in [5, 5.41) is 3.56. The second-order valence-corrected chi connectivity index (χ2v) is 6.22. The third-order valence-electron chi connectivity index (χ3n) is 3.50. The van der Waals surface area contributed by atoms with Crippen molar-refractivity contribution in [1.82, 2.24) is 5.32 Å². The Morgan fingerprint density at radius 1 is 1.19 bits per heavy atom. The lowest BCUT2D eigenvalue weighted by molar-refractivity contribution is 0.525. The lowest BCUT2D eigenvalue weighted by atomic mass is 9.97. The third-order valence-corrected chi connectivity index (χ3v) is 4.19. The molecule has 1 N–H and O–H groups in total. The molecule has 3 heteroatoms. The molecular formula is C18H21BrFN. The minimum Gasteiger partial charge on any atom is -0.310 e. The van der Waals surface area contributed by atoms with Gasteiger partial charge in [0.15, 0.2) is 0 Å². The maximum Gasteiger partial charge on any atom is 0.124 e. The van der Waals surface area contributed by atoms with Crippen LogP contribution in [0.5, 0.6) is 0 Å². The van der Waals surface area contributed by atoms with Gasteiger partial charge in [-0.1, -0.05) is 58.7 Å². The predicted octanol–water partition coefficient (Wildman–Crippen LogP) is 5.18. The van der Waals surface area contributed by atoms with E-state index >= 15 is 0 Å². The Bertz CT molecular complexity index is 598. The minimum atomic E-state index is -0.213. The molecule has 0 aliphatic carbocycles. The van der Waals surface area contributed by atoms with Gasteiger partial charge in [0.2, 0.25) is 0 Å². The molecule has 112 valence electrons. The topological polar surface area (TPSA) is 12.0 Å². The van der Waals surface area contributed by atoms with Crippen molar-refractivity contribution < 1.29 is 4.39 Å². The maximum absolute atomic E-state index is 13.3. The Balaban J connectivity index is 2.25.